The highest BCUT2D eigenvalue weighted by Crippen LogP contribution is 2.15. The van der Waals surface area contributed by atoms with Gasteiger partial charge in [-0.3, -0.25) is 9.59 Å². The molecule has 0 radical (unpaired) electrons. The molecule has 124 valence electrons. The highest BCUT2D eigenvalue weighted by Gasteiger charge is 2.36. The quantitative estimate of drug-likeness (QED) is 0.781. The normalized spacial score (nSPS) is 16.7. The zero-order chi connectivity index (χ0) is 17.1. The van der Waals surface area contributed by atoms with Crippen LogP contribution in [0.15, 0.2) is 0 Å². The monoisotopic (exact) mass is 314 g/mol. The molecule has 0 bridgehead atoms. The molecule has 0 aromatic carbocycles. The first kappa shape index (κ1) is 17.9. The molecule has 0 aromatic rings. The van der Waals surface area contributed by atoms with Crippen molar-refractivity contribution in [2.75, 3.05) is 0 Å². The summed E-state index contributed by atoms with van der Waals surface area (Å²) in [6.07, 6.45) is -0.752. The number of nitrogens with zero attached hydrogens (tertiary/aromatic N) is 1. The Hall–Kier alpha value is -2.12. The van der Waals surface area contributed by atoms with Gasteiger partial charge in [-0.2, -0.15) is 0 Å². The number of alkyl carbamates (subject to hydrolysis) is 1. The number of carbonyl (C=O) groups is 4. The van der Waals surface area contributed by atoms with Crippen molar-refractivity contribution in [3.05, 3.63) is 0 Å². The number of hydrogen-bond acceptors (Lipinski definition) is 6. The van der Waals surface area contributed by atoms with Gasteiger partial charge in [0.15, 0.2) is 0 Å². The highest BCUT2D eigenvalue weighted by molar-refractivity contribution is 6.01. The van der Waals surface area contributed by atoms with Gasteiger partial charge < -0.3 is 14.9 Å². The topological polar surface area (TPSA) is 102 Å². The molecule has 1 rings (SSSR count). The Morgan fingerprint density at radius 2 is 1.64 bits per heavy atom. The first-order valence-electron chi connectivity index (χ1n) is 7.08. The van der Waals surface area contributed by atoms with Crippen molar-refractivity contribution in [1.82, 2.24) is 10.4 Å². The Balaban J connectivity index is 2.70. The maximum atomic E-state index is 12.1. The van der Waals surface area contributed by atoms with Gasteiger partial charge in [0.05, 0.1) is 0 Å². The fourth-order valence-corrected chi connectivity index (χ4v) is 1.74. The standard InChI is InChI=1S/C14H22N2O6/c1-8(2)11(15-13(20)21-14(3,4)5)12(19)22-16-9(17)6-7-10(16)18/h8,11H,6-7H2,1-5H3,(H,15,20)/t11-/m0/s1. The van der Waals surface area contributed by atoms with Gasteiger partial charge in [0.25, 0.3) is 11.8 Å². The van der Waals surface area contributed by atoms with Crippen LogP contribution in [0.3, 0.4) is 0 Å². The maximum Gasteiger partial charge on any atom is 0.408 e. The van der Waals surface area contributed by atoms with E-state index in [0.717, 1.165) is 0 Å². The second-order valence-electron chi connectivity index (χ2n) is 6.36. The Labute approximate surface area is 129 Å². The van der Waals surface area contributed by atoms with Gasteiger partial charge in [0.2, 0.25) is 0 Å². The molecular formula is C14H22N2O6. The van der Waals surface area contributed by atoms with Gasteiger partial charge in [-0.25, -0.2) is 9.59 Å². The largest absolute Gasteiger partial charge is 0.444 e. The van der Waals surface area contributed by atoms with Crippen LogP contribution in [0.4, 0.5) is 4.79 Å². The third-order valence-corrected chi connectivity index (χ3v) is 2.78. The molecule has 22 heavy (non-hydrogen) atoms. The number of imide groups is 1. The fraction of sp³-hybridized carbons (Fsp3) is 0.714. The molecule has 8 heteroatoms. The lowest BCUT2D eigenvalue weighted by Crippen LogP contribution is -2.49. The van der Waals surface area contributed by atoms with E-state index >= 15 is 0 Å². The molecule has 1 fully saturated rings. The average Bonchev–Trinajstić information content (AvgIpc) is 2.65. The lowest BCUT2D eigenvalue weighted by atomic mass is 10.1. The minimum atomic E-state index is -1.03. The predicted octanol–water partition coefficient (Wildman–Crippen LogP) is 1.14. The van der Waals surface area contributed by atoms with Crippen LogP contribution in [-0.2, 0) is 24.0 Å². The summed E-state index contributed by atoms with van der Waals surface area (Å²) in [5.74, 6) is -2.34. The van der Waals surface area contributed by atoms with Crippen molar-refractivity contribution < 1.29 is 28.8 Å². The van der Waals surface area contributed by atoms with E-state index in [0.29, 0.717) is 5.06 Å². The Kier molecular flexibility index (Phi) is 5.51. The summed E-state index contributed by atoms with van der Waals surface area (Å²) in [6, 6.07) is -1.03. The molecule has 0 aromatic heterocycles. The van der Waals surface area contributed by atoms with Gasteiger partial charge in [-0.1, -0.05) is 13.8 Å². The molecule has 1 aliphatic rings. The number of carbonyl (C=O) groups excluding carboxylic acids is 4. The Bertz CT molecular complexity index is 464. The molecule has 1 aliphatic heterocycles. The fourth-order valence-electron chi connectivity index (χ4n) is 1.74. The van der Waals surface area contributed by atoms with Gasteiger partial charge >= 0.3 is 12.1 Å². The second kappa shape index (κ2) is 6.76. The van der Waals surface area contributed by atoms with Crippen molar-refractivity contribution >= 4 is 23.9 Å². The van der Waals surface area contributed by atoms with Crippen LogP contribution >= 0.6 is 0 Å². The van der Waals surface area contributed by atoms with Crippen molar-refractivity contribution in [3.8, 4) is 0 Å². The van der Waals surface area contributed by atoms with Crippen LogP contribution in [-0.4, -0.2) is 40.6 Å². The van der Waals surface area contributed by atoms with Crippen LogP contribution in [0.1, 0.15) is 47.5 Å². The van der Waals surface area contributed by atoms with E-state index in [1.165, 1.54) is 0 Å². The summed E-state index contributed by atoms with van der Waals surface area (Å²) in [4.78, 5) is 51.5. The molecule has 0 unspecified atom stereocenters. The van der Waals surface area contributed by atoms with Crippen LogP contribution in [0, 0.1) is 5.92 Å². The number of rotatable bonds is 4. The van der Waals surface area contributed by atoms with E-state index in [9.17, 15) is 19.2 Å². The molecule has 1 saturated heterocycles. The number of amides is 3. The molecule has 1 heterocycles. The van der Waals surface area contributed by atoms with E-state index in [-0.39, 0.29) is 18.8 Å². The van der Waals surface area contributed by atoms with E-state index < -0.39 is 35.5 Å². The SMILES string of the molecule is CC(C)[C@H](NC(=O)OC(C)(C)C)C(=O)ON1C(=O)CCC1=O. The third-order valence-electron chi connectivity index (χ3n) is 2.78. The number of nitrogens with one attached hydrogen (secondary N) is 1. The summed E-state index contributed by atoms with van der Waals surface area (Å²) >= 11 is 0. The first-order valence-corrected chi connectivity index (χ1v) is 7.08. The van der Waals surface area contributed by atoms with Crippen LogP contribution in [0.2, 0.25) is 0 Å². The maximum absolute atomic E-state index is 12.1. The predicted molar refractivity (Wildman–Crippen MR) is 75.2 cm³/mol. The smallest absolute Gasteiger partial charge is 0.408 e. The molecule has 0 saturated carbocycles. The first-order chi connectivity index (χ1) is 10.0. The minimum Gasteiger partial charge on any atom is -0.444 e. The van der Waals surface area contributed by atoms with E-state index in [2.05, 4.69) is 5.32 Å². The molecular weight excluding hydrogens is 292 g/mol. The van der Waals surface area contributed by atoms with Gasteiger partial charge in [-0.05, 0) is 26.7 Å². The van der Waals surface area contributed by atoms with Crippen LogP contribution in [0.25, 0.3) is 0 Å². The minimum absolute atomic E-state index is 0.0119. The molecule has 8 nitrogen and oxygen atoms in total. The van der Waals surface area contributed by atoms with Gasteiger partial charge in [0, 0.05) is 12.8 Å². The number of hydrogen-bond donors (Lipinski definition) is 1. The molecule has 1 atom stereocenters. The van der Waals surface area contributed by atoms with E-state index in [1.54, 1.807) is 34.6 Å². The zero-order valence-electron chi connectivity index (χ0n) is 13.5. The number of ether oxygens (including phenoxy) is 1. The van der Waals surface area contributed by atoms with Gasteiger partial charge in [-0.15, -0.1) is 5.06 Å². The van der Waals surface area contributed by atoms with Crippen molar-refractivity contribution in [2.45, 2.75) is 59.1 Å². The summed E-state index contributed by atoms with van der Waals surface area (Å²) in [6.45, 7) is 8.46. The van der Waals surface area contributed by atoms with Crippen LogP contribution in [0.5, 0.6) is 0 Å². The molecule has 1 N–H and O–H groups in total. The van der Waals surface area contributed by atoms with Crippen molar-refractivity contribution in [1.29, 1.82) is 0 Å². The Morgan fingerprint density at radius 3 is 2.05 bits per heavy atom. The lowest BCUT2D eigenvalue weighted by molar-refractivity contribution is -0.199. The van der Waals surface area contributed by atoms with E-state index in [4.69, 9.17) is 9.57 Å². The highest BCUT2D eigenvalue weighted by atomic mass is 16.7. The van der Waals surface area contributed by atoms with Gasteiger partial charge in [0.1, 0.15) is 11.6 Å². The number of hydroxylamine groups is 2. The van der Waals surface area contributed by atoms with Crippen molar-refractivity contribution in [2.24, 2.45) is 5.92 Å². The van der Waals surface area contributed by atoms with E-state index in [1.807, 2.05) is 0 Å². The van der Waals surface area contributed by atoms with Crippen molar-refractivity contribution in [3.63, 3.8) is 0 Å². The zero-order valence-corrected chi connectivity index (χ0v) is 13.5. The second-order valence-corrected chi connectivity index (χ2v) is 6.36. The summed E-state index contributed by atoms with van der Waals surface area (Å²) < 4.78 is 5.08. The third kappa shape index (κ3) is 5.01. The molecule has 3 amide bonds. The van der Waals surface area contributed by atoms with Crippen LogP contribution < -0.4 is 5.32 Å². The lowest BCUT2D eigenvalue weighted by Gasteiger charge is -2.25. The summed E-state index contributed by atoms with van der Waals surface area (Å²) in [5, 5.41) is 2.84. The average molecular weight is 314 g/mol. The summed E-state index contributed by atoms with van der Waals surface area (Å²) in [5.41, 5.74) is -0.712. The molecule has 0 spiro atoms. The molecule has 0 aliphatic carbocycles. The Morgan fingerprint density at radius 1 is 1.14 bits per heavy atom. The summed E-state index contributed by atoms with van der Waals surface area (Å²) in [7, 11) is 0.